The van der Waals surface area contributed by atoms with Crippen molar-refractivity contribution in [2.45, 2.75) is 25.6 Å². The van der Waals surface area contributed by atoms with Crippen molar-refractivity contribution in [2.24, 2.45) is 0 Å². The monoisotopic (exact) mass is 282 g/mol. The molecule has 0 bridgehead atoms. The van der Waals surface area contributed by atoms with Crippen molar-refractivity contribution < 1.29 is 9.53 Å². The van der Waals surface area contributed by atoms with E-state index in [0.717, 1.165) is 12.0 Å². The maximum atomic E-state index is 12.2. The average Bonchev–Trinajstić information content (AvgIpc) is 2.67. The quantitative estimate of drug-likeness (QED) is 0.842. The fourth-order valence-corrected chi connectivity index (χ4v) is 2.54. The van der Waals surface area contributed by atoms with Gasteiger partial charge in [-0.05, 0) is 31.0 Å². The Labute approximate surface area is 118 Å². The third kappa shape index (κ3) is 3.26. The minimum absolute atomic E-state index is 0.0990. The SMILES string of the molecule is COCCCN1C(=O)C(C)NC1c1cccc(Cl)c1. The number of hydrogen-bond acceptors (Lipinski definition) is 3. The van der Waals surface area contributed by atoms with Gasteiger partial charge in [0.1, 0.15) is 6.17 Å². The van der Waals surface area contributed by atoms with E-state index in [-0.39, 0.29) is 18.1 Å². The van der Waals surface area contributed by atoms with Gasteiger partial charge < -0.3 is 9.64 Å². The van der Waals surface area contributed by atoms with Crippen molar-refractivity contribution in [3.8, 4) is 0 Å². The second-order valence-corrected chi connectivity index (χ2v) is 5.16. The average molecular weight is 283 g/mol. The fraction of sp³-hybridized carbons (Fsp3) is 0.500. The number of nitrogens with zero attached hydrogens (tertiary/aromatic N) is 1. The van der Waals surface area contributed by atoms with Crippen LogP contribution in [0.2, 0.25) is 5.02 Å². The van der Waals surface area contributed by atoms with Crippen molar-refractivity contribution in [1.82, 2.24) is 10.2 Å². The summed E-state index contributed by atoms with van der Waals surface area (Å²) in [6.07, 6.45) is 0.728. The van der Waals surface area contributed by atoms with Crippen LogP contribution in [-0.4, -0.2) is 37.1 Å². The van der Waals surface area contributed by atoms with Gasteiger partial charge >= 0.3 is 0 Å². The third-order valence-corrected chi connectivity index (χ3v) is 3.52. The summed E-state index contributed by atoms with van der Waals surface area (Å²) in [4.78, 5) is 14.0. The normalized spacial score (nSPS) is 23.1. The van der Waals surface area contributed by atoms with Crippen molar-refractivity contribution >= 4 is 17.5 Å². The molecule has 0 radical (unpaired) electrons. The highest BCUT2D eigenvalue weighted by atomic mass is 35.5. The number of carbonyl (C=O) groups is 1. The largest absolute Gasteiger partial charge is 0.385 e. The zero-order chi connectivity index (χ0) is 13.8. The third-order valence-electron chi connectivity index (χ3n) is 3.28. The summed E-state index contributed by atoms with van der Waals surface area (Å²) in [7, 11) is 1.67. The minimum atomic E-state index is -0.161. The molecule has 0 saturated carbocycles. The molecule has 104 valence electrons. The molecule has 5 heteroatoms. The molecule has 1 fully saturated rings. The number of rotatable bonds is 5. The summed E-state index contributed by atoms with van der Waals surface area (Å²) in [6, 6.07) is 7.46. The van der Waals surface area contributed by atoms with Gasteiger partial charge in [-0.25, -0.2) is 0 Å². The van der Waals surface area contributed by atoms with Crippen LogP contribution in [0.4, 0.5) is 0 Å². The molecule has 4 nitrogen and oxygen atoms in total. The van der Waals surface area contributed by atoms with Crippen LogP contribution in [-0.2, 0) is 9.53 Å². The van der Waals surface area contributed by atoms with Crippen LogP contribution in [0.1, 0.15) is 25.1 Å². The molecule has 1 aromatic rings. The summed E-state index contributed by atoms with van der Waals surface area (Å²) in [5.74, 6) is 0.126. The Hall–Kier alpha value is -1.10. The molecule has 1 amide bonds. The van der Waals surface area contributed by atoms with Gasteiger partial charge in [-0.2, -0.15) is 0 Å². The predicted molar refractivity (Wildman–Crippen MR) is 75.0 cm³/mol. The highest BCUT2D eigenvalue weighted by Gasteiger charge is 2.36. The topological polar surface area (TPSA) is 41.6 Å². The maximum Gasteiger partial charge on any atom is 0.241 e. The second kappa shape index (κ2) is 6.37. The molecule has 2 atom stereocenters. The van der Waals surface area contributed by atoms with Gasteiger partial charge in [0.05, 0.1) is 6.04 Å². The Morgan fingerprint density at radius 2 is 2.26 bits per heavy atom. The fourth-order valence-electron chi connectivity index (χ4n) is 2.35. The molecule has 1 saturated heterocycles. The summed E-state index contributed by atoms with van der Waals surface area (Å²) in [6.45, 7) is 3.22. The molecule has 1 aromatic carbocycles. The van der Waals surface area contributed by atoms with E-state index in [9.17, 15) is 4.79 Å². The first kappa shape index (κ1) is 14.3. The van der Waals surface area contributed by atoms with Crippen LogP contribution < -0.4 is 5.32 Å². The van der Waals surface area contributed by atoms with Gasteiger partial charge in [-0.15, -0.1) is 0 Å². The lowest BCUT2D eigenvalue weighted by molar-refractivity contribution is -0.130. The molecule has 1 heterocycles. The van der Waals surface area contributed by atoms with Crippen molar-refractivity contribution in [1.29, 1.82) is 0 Å². The lowest BCUT2D eigenvalue weighted by atomic mass is 10.1. The van der Waals surface area contributed by atoms with E-state index in [1.807, 2.05) is 36.1 Å². The van der Waals surface area contributed by atoms with Crippen LogP contribution in [0.25, 0.3) is 0 Å². The molecule has 0 aliphatic carbocycles. The Morgan fingerprint density at radius 1 is 1.47 bits per heavy atom. The number of carbonyl (C=O) groups excluding carboxylic acids is 1. The Kier molecular flexibility index (Phi) is 4.80. The standard InChI is InChI=1S/C14H19ClN2O2/c1-10-14(18)17(7-4-8-19-2)13(16-10)11-5-3-6-12(15)9-11/h3,5-6,9-10,13,16H,4,7-8H2,1-2H3. The summed E-state index contributed by atoms with van der Waals surface area (Å²) >= 11 is 6.02. The van der Waals surface area contributed by atoms with Gasteiger partial charge in [-0.3, -0.25) is 10.1 Å². The maximum absolute atomic E-state index is 12.2. The van der Waals surface area contributed by atoms with Crippen LogP contribution in [0.5, 0.6) is 0 Å². The number of ether oxygens (including phenoxy) is 1. The zero-order valence-electron chi connectivity index (χ0n) is 11.2. The van der Waals surface area contributed by atoms with E-state index < -0.39 is 0 Å². The van der Waals surface area contributed by atoms with Crippen molar-refractivity contribution in [3.05, 3.63) is 34.9 Å². The van der Waals surface area contributed by atoms with Crippen LogP contribution >= 0.6 is 11.6 Å². The Bertz CT molecular complexity index is 453. The number of benzene rings is 1. The highest BCUT2D eigenvalue weighted by Crippen LogP contribution is 2.27. The zero-order valence-corrected chi connectivity index (χ0v) is 12.0. The van der Waals surface area contributed by atoms with Gasteiger partial charge in [-0.1, -0.05) is 23.7 Å². The van der Waals surface area contributed by atoms with Gasteiger partial charge in [0, 0.05) is 25.3 Å². The van der Waals surface area contributed by atoms with Gasteiger partial charge in [0.15, 0.2) is 0 Å². The van der Waals surface area contributed by atoms with Crippen LogP contribution in [0, 0.1) is 0 Å². The second-order valence-electron chi connectivity index (χ2n) is 4.72. The van der Waals surface area contributed by atoms with Crippen LogP contribution in [0.3, 0.4) is 0 Å². The van der Waals surface area contributed by atoms with E-state index in [0.29, 0.717) is 18.2 Å². The molecule has 0 spiro atoms. The number of amides is 1. The van der Waals surface area contributed by atoms with E-state index in [1.54, 1.807) is 7.11 Å². The molecule has 1 N–H and O–H groups in total. The lowest BCUT2D eigenvalue weighted by Crippen LogP contribution is -2.32. The number of methoxy groups -OCH3 is 1. The van der Waals surface area contributed by atoms with E-state index in [4.69, 9.17) is 16.3 Å². The lowest BCUT2D eigenvalue weighted by Gasteiger charge is -2.24. The van der Waals surface area contributed by atoms with Gasteiger partial charge in [0.2, 0.25) is 5.91 Å². The number of nitrogens with one attached hydrogen (secondary N) is 1. The first-order valence-corrected chi connectivity index (χ1v) is 6.82. The molecule has 19 heavy (non-hydrogen) atoms. The molecule has 2 rings (SSSR count). The highest BCUT2D eigenvalue weighted by molar-refractivity contribution is 6.30. The molecule has 0 aromatic heterocycles. The first-order valence-electron chi connectivity index (χ1n) is 6.44. The summed E-state index contributed by atoms with van der Waals surface area (Å²) in [5.41, 5.74) is 1.02. The molecule has 1 aliphatic rings. The van der Waals surface area contributed by atoms with E-state index >= 15 is 0 Å². The Balaban J connectivity index is 2.15. The van der Waals surface area contributed by atoms with E-state index in [1.165, 1.54) is 0 Å². The Morgan fingerprint density at radius 3 is 2.95 bits per heavy atom. The van der Waals surface area contributed by atoms with E-state index in [2.05, 4.69) is 5.32 Å². The minimum Gasteiger partial charge on any atom is -0.385 e. The predicted octanol–water partition coefficient (Wildman–Crippen LogP) is 2.20. The smallest absolute Gasteiger partial charge is 0.241 e. The molecular weight excluding hydrogens is 264 g/mol. The van der Waals surface area contributed by atoms with Crippen molar-refractivity contribution in [3.63, 3.8) is 0 Å². The first-order chi connectivity index (χ1) is 9.13. The van der Waals surface area contributed by atoms with Gasteiger partial charge in [0.25, 0.3) is 0 Å². The number of hydrogen-bond donors (Lipinski definition) is 1. The molecule has 1 aliphatic heterocycles. The number of halogens is 1. The van der Waals surface area contributed by atoms with Crippen molar-refractivity contribution in [2.75, 3.05) is 20.3 Å². The molecular formula is C14H19ClN2O2. The summed E-state index contributed by atoms with van der Waals surface area (Å²) < 4.78 is 5.04. The van der Waals surface area contributed by atoms with Crippen LogP contribution in [0.15, 0.2) is 24.3 Å². The summed E-state index contributed by atoms with van der Waals surface area (Å²) in [5, 5.41) is 3.98. The molecule has 2 unspecified atom stereocenters.